The predicted molar refractivity (Wildman–Crippen MR) is 85.1 cm³/mol. The highest BCUT2D eigenvalue weighted by Gasteiger charge is 2.14. The summed E-state index contributed by atoms with van der Waals surface area (Å²) in [4.78, 5) is 20.4. The van der Waals surface area contributed by atoms with Crippen LogP contribution in [0, 0.1) is 5.92 Å². The number of carbonyl (C=O) groups excluding carboxylic acids is 1. The second-order valence-electron chi connectivity index (χ2n) is 5.56. The van der Waals surface area contributed by atoms with Crippen molar-refractivity contribution in [1.82, 2.24) is 15.3 Å². The zero-order valence-electron chi connectivity index (χ0n) is 13.0. The average molecular weight is 314 g/mol. The van der Waals surface area contributed by atoms with E-state index in [9.17, 15) is 4.79 Å². The first-order valence-electron chi connectivity index (χ1n) is 7.40. The molecule has 0 bridgehead atoms. The third kappa shape index (κ3) is 3.68. The summed E-state index contributed by atoms with van der Waals surface area (Å²) in [5.74, 6) is 1.89. The quantitative estimate of drug-likeness (QED) is 0.881. The van der Waals surface area contributed by atoms with E-state index in [-0.39, 0.29) is 12.7 Å². The minimum Gasteiger partial charge on any atom is -0.454 e. The van der Waals surface area contributed by atoms with Crippen LogP contribution in [0.15, 0.2) is 30.5 Å². The number of hydrogen-bond acceptors (Lipinski definition) is 6. The molecule has 0 atom stereocenters. The molecule has 1 aromatic carbocycles. The Hall–Kier alpha value is -2.83. The summed E-state index contributed by atoms with van der Waals surface area (Å²) >= 11 is 0. The number of benzene rings is 1. The van der Waals surface area contributed by atoms with E-state index in [1.807, 2.05) is 26.0 Å². The van der Waals surface area contributed by atoms with Gasteiger partial charge in [-0.3, -0.25) is 4.79 Å². The lowest BCUT2D eigenvalue weighted by Crippen LogP contribution is -2.28. The van der Waals surface area contributed by atoms with Crippen LogP contribution in [0.4, 0.5) is 11.6 Å². The van der Waals surface area contributed by atoms with Gasteiger partial charge in [0, 0.05) is 24.5 Å². The molecule has 1 aromatic heterocycles. The number of rotatable bonds is 5. The molecule has 0 unspecified atom stereocenters. The molecule has 23 heavy (non-hydrogen) atoms. The van der Waals surface area contributed by atoms with Gasteiger partial charge in [0.1, 0.15) is 5.69 Å². The van der Waals surface area contributed by atoms with E-state index in [1.54, 1.807) is 18.3 Å². The van der Waals surface area contributed by atoms with Crippen molar-refractivity contribution in [2.24, 2.45) is 5.92 Å². The SMILES string of the molecule is CC(C)CNC(=O)c1ccnc(Nc2ccc3c(c2)OCO3)n1. The van der Waals surface area contributed by atoms with E-state index in [4.69, 9.17) is 9.47 Å². The predicted octanol–water partition coefficient (Wildman–Crippen LogP) is 2.33. The number of ether oxygens (including phenoxy) is 2. The van der Waals surface area contributed by atoms with E-state index in [2.05, 4.69) is 20.6 Å². The van der Waals surface area contributed by atoms with Crippen molar-refractivity contribution in [3.8, 4) is 11.5 Å². The van der Waals surface area contributed by atoms with Gasteiger partial charge in [-0.05, 0) is 24.1 Å². The summed E-state index contributed by atoms with van der Waals surface area (Å²) in [6.45, 7) is 4.90. The molecule has 2 heterocycles. The van der Waals surface area contributed by atoms with Gasteiger partial charge in [-0.15, -0.1) is 0 Å². The molecule has 1 amide bonds. The smallest absolute Gasteiger partial charge is 0.270 e. The molecule has 0 spiro atoms. The molecular weight excluding hydrogens is 296 g/mol. The van der Waals surface area contributed by atoms with Gasteiger partial charge in [-0.25, -0.2) is 9.97 Å². The molecule has 3 rings (SSSR count). The average Bonchev–Trinajstić information content (AvgIpc) is 3.00. The molecule has 7 heteroatoms. The fraction of sp³-hybridized carbons (Fsp3) is 0.312. The lowest BCUT2D eigenvalue weighted by Gasteiger charge is -2.09. The second-order valence-corrected chi connectivity index (χ2v) is 5.56. The van der Waals surface area contributed by atoms with Gasteiger partial charge >= 0.3 is 0 Å². The van der Waals surface area contributed by atoms with Crippen molar-refractivity contribution in [2.45, 2.75) is 13.8 Å². The lowest BCUT2D eigenvalue weighted by atomic mass is 10.2. The first-order chi connectivity index (χ1) is 11.1. The molecular formula is C16H18N4O3. The third-order valence-electron chi connectivity index (χ3n) is 3.19. The number of carbonyl (C=O) groups is 1. The van der Waals surface area contributed by atoms with Crippen LogP contribution in [0.1, 0.15) is 24.3 Å². The van der Waals surface area contributed by atoms with Crippen molar-refractivity contribution in [2.75, 3.05) is 18.7 Å². The maximum absolute atomic E-state index is 12.0. The summed E-state index contributed by atoms with van der Waals surface area (Å²) in [7, 11) is 0. The summed E-state index contributed by atoms with van der Waals surface area (Å²) in [5.41, 5.74) is 1.08. The Kier molecular flexibility index (Phi) is 4.27. The van der Waals surface area contributed by atoms with Gasteiger partial charge in [-0.2, -0.15) is 0 Å². The van der Waals surface area contributed by atoms with Gasteiger partial charge in [0.05, 0.1) is 0 Å². The van der Waals surface area contributed by atoms with E-state index in [1.165, 1.54) is 0 Å². The van der Waals surface area contributed by atoms with Crippen LogP contribution in [0.5, 0.6) is 11.5 Å². The highest BCUT2D eigenvalue weighted by Crippen LogP contribution is 2.34. The zero-order chi connectivity index (χ0) is 16.2. The standard InChI is InChI=1S/C16H18N4O3/c1-10(2)8-18-15(21)12-5-6-17-16(20-12)19-11-3-4-13-14(7-11)23-9-22-13/h3-7,10H,8-9H2,1-2H3,(H,18,21)(H,17,19,20). The van der Waals surface area contributed by atoms with E-state index < -0.39 is 0 Å². The largest absolute Gasteiger partial charge is 0.454 e. The molecule has 7 nitrogen and oxygen atoms in total. The van der Waals surface area contributed by atoms with Gasteiger partial charge in [0.25, 0.3) is 5.91 Å². The Balaban J connectivity index is 1.71. The van der Waals surface area contributed by atoms with Crippen LogP contribution < -0.4 is 20.1 Å². The lowest BCUT2D eigenvalue weighted by molar-refractivity contribution is 0.0944. The first kappa shape index (κ1) is 15.1. The summed E-state index contributed by atoms with van der Waals surface area (Å²) in [6.07, 6.45) is 1.55. The summed E-state index contributed by atoms with van der Waals surface area (Å²) in [5, 5.41) is 5.89. The molecule has 2 aromatic rings. The van der Waals surface area contributed by atoms with Crippen LogP contribution in [-0.2, 0) is 0 Å². The van der Waals surface area contributed by atoms with Crippen molar-refractivity contribution in [3.05, 3.63) is 36.2 Å². The molecule has 0 saturated heterocycles. The number of amides is 1. The molecule has 0 saturated carbocycles. The monoisotopic (exact) mass is 314 g/mol. The number of fused-ring (bicyclic) bond motifs is 1. The molecule has 120 valence electrons. The Labute approximate surface area is 134 Å². The highest BCUT2D eigenvalue weighted by molar-refractivity contribution is 5.92. The number of aromatic nitrogens is 2. The third-order valence-corrected chi connectivity index (χ3v) is 3.19. The van der Waals surface area contributed by atoms with Crippen molar-refractivity contribution in [3.63, 3.8) is 0 Å². The zero-order valence-corrected chi connectivity index (χ0v) is 13.0. The minimum atomic E-state index is -0.213. The Bertz CT molecular complexity index is 718. The molecule has 2 N–H and O–H groups in total. The molecule has 0 aliphatic carbocycles. The fourth-order valence-electron chi connectivity index (χ4n) is 2.04. The highest BCUT2D eigenvalue weighted by atomic mass is 16.7. The minimum absolute atomic E-state index is 0.213. The van der Waals surface area contributed by atoms with Crippen molar-refractivity contribution in [1.29, 1.82) is 0 Å². The van der Waals surface area contributed by atoms with Crippen LogP contribution in [-0.4, -0.2) is 29.2 Å². The van der Waals surface area contributed by atoms with E-state index in [0.29, 0.717) is 35.6 Å². The van der Waals surface area contributed by atoms with Gasteiger partial charge < -0.3 is 20.1 Å². The number of hydrogen-bond donors (Lipinski definition) is 2. The van der Waals surface area contributed by atoms with Crippen molar-refractivity contribution >= 4 is 17.5 Å². The van der Waals surface area contributed by atoms with Crippen LogP contribution in [0.25, 0.3) is 0 Å². The molecule has 0 fully saturated rings. The molecule has 1 aliphatic rings. The van der Waals surface area contributed by atoms with Crippen LogP contribution in [0.2, 0.25) is 0 Å². The summed E-state index contributed by atoms with van der Waals surface area (Å²) < 4.78 is 10.6. The second kappa shape index (κ2) is 6.51. The molecule has 1 aliphatic heterocycles. The Morgan fingerprint density at radius 1 is 1.26 bits per heavy atom. The first-order valence-corrected chi connectivity index (χ1v) is 7.40. The van der Waals surface area contributed by atoms with Gasteiger partial charge in [-0.1, -0.05) is 13.8 Å². The van der Waals surface area contributed by atoms with E-state index in [0.717, 1.165) is 5.69 Å². The topological polar surface area (TPSA) is 85.4 Å². The molecule has 0 radical (unpaired) electrons. The number of anilines is 2. The number of nitrogens with one attached hydrogen (secondary N) is 2. The fourth-order valence-corrected chi connectivity index (χ4v) is 2.04. The Morgan fingerprint density at radius 3 is 2.91 bits per heavy atom. The normalized spacial score (nSPS) is 12.3. The van der Waals surface area contributed by atoms with Gasteiger partial charge in [0.15, 0.2) is 11.5 Å². The van der Waals surface area contributed by atoms with Crippen LogP contribution >= 0.6 is 0 Å². The van der Waals surface area contributed by atoms with Crippen LogP contribution in [0.3, 0.4) is 0 Å². The maximum Gasteiger partial charge on any atom is 0.270 e. The maximum atomic E-state index is 12.0. The van der Waals surface area contributed by atoms with Crippen molar-refractivity contribution < 1.29 is 14.3 Å². The number of nitrogens with zero attached hydrogens (tertiary/aromatic N) is 2. The van der Waals surface area contributed by atoms with Gasteiger partial charge in [0.2, 0.25) is 12.7 Å². The summed E-state index contributed by atoms with van der Waals surface area (Å²) in [6, 6.07) is 7.03. The Morgan fingerprint density at radius 2 is 2.09 bits per heavy atom. The van der Waals surface area contributed by atoms with E-state index >= 15 is 0 Å².